The van der Waals surface area contributed by atoms with Crippen molar-refractivity contribution in [3.8, 4) is 41.0 Å². The molecule has 5 aromatic rings. The number of pyridine rings is 1. The first-order valence-electron chi connectivity index (χ1n) is 11.5. The average molecular weight is 569 g/mol. The van der Waals surface area contributed by atoms with Crippen molar-refractivity contribution < 1.29 is 31.6 Å². The molecule has 3 N–H and O–H groups in total. The maximum Gasteiger partial charge on any atom is 0.433 e. The highest BCUT2D eigenvalue weighted by Gasteiger charge is 2.33. The van der Waals surface area contributed by atoms with Crippen molar-refractivity contribution in [2.75, 3.05) is 7.11 Å². The van der Waals surface area contributed by atoms with Gasteiger partial charge in [-0.25, -0.2) is 15.0 Å². The van der Waals surface area contributed by atoms with Crippen LogP contribution in [0.5, 0.6) is 5.75 Å². The lowest BCUT2D eigenvalue weighted by molar-refractivity contribution is -0.140. The third-order valence-corrected chi connectivity index (χ3v) is 6.53. The molecule has 5 rings (SSSR count). The van der Waals surface area contributed by atoms with Crippen LogP contribution in [0.4, 0.5) is 13.2 Å². The second-order valence-electron chi connectivity index (χ2n) is 8.40. The zero-order valence-corrected chi connectivity index (χ0v) is 21.7. The zero-order chi connectivity index (χ0) is 28.6. The number of aryl methyl sites for hydroxylation is 1. The lowest BCUT2D eigenvalue weighted by atomic mass is 10.1. The van der Waals surface area contributed by atoms with E-state index < -0.39 is 23.8 Å². The number of aromatic nitrogens is 4. The summed E-state index contributed by atoms with van der Waals surface area (Å²) in [5.74, 6) is 1.98. The number of nitrogens with one attached hydrogen (secondary N) is 1. The number of alkyl halides is 3. The van der Waals surface area contributed by atoms with Gasteiger partial charge in [0.15, 0.2) is 17.2 Å². The van der Waals surface area contributed by atoms with Crippen molar-refractivity contribution >= 4 is 28.1 Å². The van der Waals surface area contributed by atoms with Crippen molar-refractivity contribution in [2.24, 2.45) is 5.73 Å². The molecule has 1 aromatic carbocycles. The molecule has 204 valence electrons. The summed E-state index contributed by atoms with van der Waals surface area (Å²) in [4.78, 5) is 25.5. The lowest BCUT2D eigenvalue weighted by Gasteiger charge is -2.11. The standard InChI is InChI=1S/C26H19F3N6O4S/c1-4-16(30)23-22(24(36)31-10-13-9-19(39-35-13)17-11-40-12(2)32-17)34-25(38-23)15-5-7-18(37-3)21-14(15)6-8-20(33-21)26(27,28)29/h1,5-9,11,16H,10,30H2,2-3H3,(H,31,36)/t16-/m0/s1. The number of nitrogens with zero attached hydrogens (tertiary/aromatic N) is 4. The fourth-order valence-electron chi connectivity index (χ4n) is 3.84. The third-order valence-electron chi connectivity index (χ3n) is 5.75. The molecule has 10 nitrogen and oxygen atoms in total. The van der Waals surface area contributed by atoms with Gasteiger partial charge in [0.2, 0.25) is 5.89 Å². The first kappa shape index (κ1) is 26.9. The number of carbonyl (C=O) groups is 1. The van der Waals surface area contributed by atoms with Gasteiger partial charge in [0, 0.05) is 22.4 Å². The highest BCUT2D eigenvalue weighted by Crippen LogP contribution is 2.37. The van der Waals surface area contributed by atoms with Gasteiger partial charge < -0.3 is 24.7 Å². The summed E-state index contributed by atoms with van der Waals surface area (Å²) < 4.78 is 56.2. The number of hydrogen-bond donors (Lipinski definition) is 2. The predicted octanol–water partition coefficient (Wildman–Crippen LogP) is 4.90. The SMILES string of the molecule is C#C[C@H](N)c1oc(-c2ccc(OC)c3nc(C(F)(F)F)ccc23)nc1C(=O)NCc1cc(-c2csc(C)n2)on1. The number of oxazole rings is 1. The number of amides is 1. The molecule has 0 aliphatic carbocycles. The van der Waals surface area contributed by atoms with E-state index in [0.717, 1.165) is 11.1 Å². The number of fused-ring (bicyclic) bond motifs is 1. The van der Waals surface area contributed by atoms with E-state index in [0.29, 0.717) is 17.1 Å². The number of benzene rings is 1. The third kappa shape index (κ3) is 5.12. The number of ether oxygens (including phenoxy) is 1. The monoisotopic (exact) mass is 568 g/mol. The lowest BCUT2D eigenvalue weighted by Crippen LogP contribution is -2.25. The van der Waals surface area contributed by atoms with Crippen LogP contribution in [0, 0.1) is 19.3 Å². The molecular formula is C26H19F3N6O4S. The Bertz CT molecular complexity index is 1770. The van der Waals surface area contributed by atoms with Gasteiger partial charge in [-0.05, 0) is 31.2 Å². The van der Waals surface area contributed by atoms with Crippen LogP contribution in [-0.2, 0) is 12.7 Å². The number of carbonyl (C=O) groups excluding carboxylic acids is 1. The number of nitrogens with two attached hydrogens (primary N) is 1. The van der Waals surface area contributed by atoms with Gasteiger partial charge in [-0.3, -0.25) is 4.79 Å². The fraction of sp³-hybridized carbons (Fsp3) is 0.192. The number of methoxy groups -OCH3 is 1. The van der Waals surface area contributed by atoms with Crippen LogP contribution in [-0.4, -0.2) is 33.1 Å². The Morgan fingerprint density at radius 2 is 2.05 bits per heavy atom. The molecule has 0 unspecified atom stereocenters. The number of thiazole rings is 1. The number of halogens is 3. The highest BCUT2D eigenvalue weighted by atomic mass is 32.1. The van der Waals surface area contributed by atoms with E-state index in [1.54, 1.807) is 6.07 Å². The molecule has 1 atom stereocenters. The van der Waals surface area contributed by atoms with Gasteiger partial charge >= 0.3 is 6.18 Å². The van der Waals surface area contributed by atoms with E-state index in [1.165, 1.54) is 36.6 Å². The summed E-state index contributed by atoms with van der Waals surface area (Å²) >= 11 is 1.46. The average Bonchev–Trinajstić information content (AvgIpc) is 3.69. The van der Waals surface area contributed by atoms with Gasteiger partial charge in [-0.15, -0.1) is 17.8 Å². The molecule has 4 aromatic heterocycles. The minimum absolute atomic E-state index is 0.0199. The first-order valence-corrected chi connectivity index (χ1v) is 12.4. The zero-order valence-electron chi connectivity index (χ0n) is 20.9. The molecule has 0 saturated heterocycles. The molecule has 0 aliphatic rings. The Kier molecular flexibility index (Phi) is 7.01. The Balaban J connectivity index is 1.47. The smallest absolute Gasteiger partial charge is 0.433 e. The maximum absolute atomic E-state index is 13.3. The second-order valence-corrected chi connectivity index (χ2v) is 9.46. The van der Waals surface area contributed by atoms with Crippen molar-refractivity contribution in [2.45, 2.75) is 25.7 Å². The Hall–Kier alpha value is -4.74. The quantitative estimate of drug-likeness (QED) is 0.262. The van der Waals surface area contributed by atoms with Crippen molar-refractivity contribution in [1.82, 2.24) is 25.4 Å². The molecule has 0 bridgehead atoms. The Labute approximate surface area is 228 Å². The fourth-order valence-corrected chi connectivity index (χ4v) is 4.45. The number of terminal acetylenes is 1. The summed E-state index contributed by atoms with van der Waals surface area (Å²) in [7, 11) is 1.31. The van der Waals surface area contributed by atoms with E-state index in [4.69, 9.17) is 25.8 Å². The highest BCUT2D eigenvalue weighted by molar-refractivity contribution is 7.09. The van der Waals surface area contributed by atoms with Crippen LogP contribution >= 0.6 is 11.3 Å². The van der Waals surface area contributed by atoms with Crippen LogP contribution < -0.4 is 15.8 Å². The topological polar surface area (TPSA) is 142 Å². The van der Waals surface area contributed by atoms with E-state index in [9.17, 15) is 18.0 Å². The van der Waals surface area contributed by atoms with Gasteiger partial charge in [0.25, 0.3) is 5.91 Å². The predicted molar refractivity (Wildman–Crippen MR) is 138 cm³/mol. The van der Waals surface area contributed by atoms with E-state index in [2.05, 4.69) is 31.3 Å². The summed E-state index contributed by atoms with van der Waals surface area (Å²) in [6.07, 6.45) is 0.810. The molecule has 0 aliphatic heterocycles. The molecule has 4 heterocycles. The van der Waals surface area contributed by atoms with E-state index >= 15 is 0 Å². The van der Waals surface area contributed by atoms with E-state index in [-0.39, 0.29) is 46.1 Å². The number of hydrogen-bond acceptors (Lipinski definition) is 10. The van der Waals surface area contributed by atoms with Crippen LogP contribution in [0.1, 0.15) is 38.7 Å². The van der Waals surface area contributed by atoms with Gasteiger partial charge in [-0.1, -0.05) is 11.1 Å². The van der Waals surface area contributed by atoms with Crippen LogP contribution in [0.3, 0.4) is 0 Å². The molecule has 40 heavy (non-hydrogen) atoms. The molecule has 0 radical (unpaired) electrons. The van der Waals surface area contributed by atoms with Crippen molar-refractivity contribution in [3.05, 3.63) is 63.6 Å². The Morgan fingerprint density at radius 1 is 1.25 bits per heavy atom. The first-order chi connectivity index (χ1) is 19.1. The molecule has 0 saturated carbocycles. The molecule has 0 spiro atoms. The molecular weight excluding hydrogens is 549 g/mol. The van der Waals surface area contributed by atoms with E-state index in [1.807, 2.05) is 12.3 Å². The van der Waals surface area contributed by atoms with Crippen LogP contribution in [0.15, 0.2) is 44.7 Å². The minimum Gasteiger partial charge on any atom is -0.494 e. The molecule has 14 heteroatoms. The summed E-state index contributed by atoms with van der Waals surface area (Å²) in [6.45, 7) is 1.84. The van der Waals surface area contributed by atoms with Gasteiger partial charge in [0.05, 0.1) is 18.7 Å². The van der Waals surface area contributed by atoms with Crippen LogP contribution in [0.25, 0.3) is 33.8 Å². The molecule has 1 amide bonds. The number of rotatable bonds is 7. The van der Waals surface area contributed by atoms with Gasteiger partial charge in [-0.2, -0.15) is 13.2 Å². The summed E-state index contributed by atoms with van der Waals surface area (Å²) in [6, 6.07) is 5.50. The summed E-state index contributed by atoms with van der Waals surface area (Å²) in [5, 5.41) is 9.54. The largest absolute Gasteiger partial charge is 0.494 e. The van der Waals surface area contributed by atoms with Gasteiger partial charge in [0.1, 0.15) is 34.4 Å². The summed E-state index contributed by atoms with van der Waals surface area (Å²) in [5.41, 5.74) is 5.93. The van der Waals surface area contributed by atoms with Crippen molar-refractivity contribution in [3.63, 3.8) is 0 Å². The molecule has 0 fully saturated rings. The Morgan fingerprint density at radius 3 is 2.73 bits per heavy atom. The minimum atomic E-state index is -4.67. The van der Waals surface area contributed by atoms with Crippen LogP contribution in [0.2, 0.25) is 0 Å². The maximum atomic E-state index is 13.3. The second kappa shape index (κ2) is 10.4. The normalized spacial score (nSPS) is 12.3. The van der Waals surface area contributed by atoms with Crippen molar-refractivity contribution in [1.29, 1.82) is 0 Å².